The monoisotopic (exact) mass is 338 g/mol. The van der Waals surface area contributed by atoms with Crippen LogP contribution in [0.1, 0.15) is 5.69 Å². The fraction of sp³-hybridized carbons (Fsp3) is 0.438. The van der Waals surface area contributed by atoms with Gasteiger partial charge in [-0.1, -0.05) is 0 Å². The number of ether oxygens (including phenoxy) is 1. The first-order valence-electron chi connectivity index (χ1n) is 7.66. The van der Waals surface area contributed by atoms with Crippen LogP contribution in [0.2, 0.25) is 0 Å². The molecule has 2 aromatic rings. The molecular weight excluding hydrogens is 319 g/mol. The standard InChI is InChI=1S/C16H19FN4O.ClH/c17-12-1-3-13(4-2-12)21-14(5-6-19-21)11-20-7-8-22-16-10-18-9-15(16)20;/h1-6,15-16,18H,7-11H2;1H/t15-,16+;/m1./s1. The maximum atomic E-state index is 13.1. The van der Waals surface area contributed by atoms with Crippen molar-refractivity contribution in [3.8, 4) is 5.69 Å². The van der Waals surface area contributed by atoms with E-state index in [1.807, 2.05) is 10.7 Å². The third-order valence-electron chi connectivity index (χ3n) is 4.46. The highest BCUT2D eigenvalue weighted by Gasteiger charge is 2.36. The van der Waals surface area contributed by atoms with Crippen LogP contribution in [0.3, 0.4) is 0 Å². The van der Waals surface area contributed by atoms with E-state index >= 15 is 0 Å². The van der Waals surface area contributed by atoms with E-state index in [0.717, 1.165) is 44.2 Å². The van der Waals surface area contributed by atoms with E-state index in [2.05, 4.69) is 15.3 Å². The van der Waals surface area contributed by atoms with Gasteiger partial charge in [-0.25, -0.2) is 9.07 Å². The summed E-state index contributed by atoms with van der Waals surface area (Å²) in [6, 6.07) is 8.89. The highest BCUT2D eigenvalue weighted by molar-refractivity contribution is 5.85. The second-order valence-electron chi connectivity index (χ2n) is 5.82. The maximum Gasteiger partial charge on any atom is 0.123 e. The molecular formula is C16H20ClFN4O. The second-order valence-corrected chi connectivity index (χ2v) is 5.82. The average molecular weight is 339 g/mol. The molecule has 3 heterocycles. The van der Waals surface area contributed by atoms with Gasteiger partial charge in [0.05, 0.1) is 30.1 Å². The van der Waals surface area contributed by atoms with Crippen LogP contribution >= 0.6 is 12.4 Å². The summed E-state index contributed by atoms with van der Waals surface area (Å²) in [6.45, 7) is 4.42. The number of morpholine rings is 1. The molecule has 1 aromatic carbocycles. The zero-order valence-electron chi connectivity index (χ0n) is 12.7. The Balaban J connectivity index is 0.00000156. The summed E-state index contributed by atoms with van der Waals surface area (Å²) in [5.74, 6) is -0.231. The van der Waals surface area contributed by atoms with Gasteiger partial charge in [0, 0.05) is 32.4 Å². The average Bonchev–Trinajstić information content (AvgIpc) is 3.17. The number of fused-ring (bicyclic) bond motifs is 1. The lowest BCUT2D eigenvalue weighted by Crippen LogP contribution is -2.50. The molecule has 7 heteroatoms. The lowest BCUT2D eigenvalue weighted by Gasteiger charge is -2.36. The van der Waals surface area contributed by atoms with Crippen molar-refractivity contribution in [1.82, 2.24) is 20.0 Å². The molecule has 23 heavy (non-hydrogen) atoms. The van der Waals surface area contributed by atoms with Gasteiger partial charge in [-0.3, -0.25) is 4.90 Å². The number of halogens is 2. The fourth-order valence-corrected chi connectivity index (χ4v) is 3.33. The van der Waals surface area contributed by atoms with E-state index < -0.39 is 0 Å². The Kier molecular flexibility index (Phi) is 4.96. The molecule has 2 atom stereocenters. The van der Waals surface area contributed by atoms with Crippen molar-refractivity contribution in [1.29, 1.82) is 0 Å². The zero-order chi connectivity index (χ0) is 14.9. The van der Waals surface area contributed by atoms with Crippen LogP contribution in [0.25, 0.3) is 5.69 Å². The van der Waals surface area contributed by atoms with Crippen molar-refractivity contribution in [3.05, 3.63) is 48.0 Å². The fourth-order valence-electron chi connectivity index (χ4n) is 3.33. The van der Waals surface area contributed by atoms with Gasteiger partial charge in [0.2, 0.25) is 0 Å². The lowest BCUT2D eigenvalue weighted by atomic mass is 10.1. The Morgan fingerprint density at radius 1 is 1.22 bits per heavy atom. The molecule has 1 aromatic heterocycles. The normalized spacial score (nSPS) is 24.2. The zero-order valence-corrected chi connectivity index (χ0v) is 13.5. The van der Waals surface area contributed by atoms with Gasteiger partial charge in [-0.05, 0) is 30.3 Å². The molecule has 2 aliphatic heterocycles. The lowest BCUT2D eigenvalue weighted by molar-refractivity contribution is -0.0506. The minimum absolute atomic E-state index is 0. The Morgan fingerprint density at radius 3 is 2.87 bits per heavy atom. The molecule has 0 unspecified atom stereocenters. The van der Waals surface area contributed by atoms with Crippen LogP contribution in [0.4, 0.5) is 4.39 Å². The van der Waals surface area contributed by atoms with Gasteiger partial charge in [0.25, 0.3) is 0 Å². The summed E-state index contributed by atoms with van der Waals surface area (Å²) in [6.07, 6.45) is 2.08. The van der Waals surface area contributed by atoms with E-state index in [1.54, 1.807) is 18.3 Å². The van der Waals surface area contributed by atoms with Crippen molar-refractivity contribution in [2.24, 2.45) is 0 Å². The number of nitrogens with zero attached hydrogens (tertiary/aromatic N) is 3. The Hall–Kier alpha value is -1.47. The molecule has 0 radical (unpaired) electrons. The first-order chi connectivity index (χ1) is 10.8. The first-order valence-corrected chi connectivity index (χ1v) is 7.66. The van der Waals surface area contributed by atoms with Gasteiger partial charge >= 0.3 is 0 Å². The van der Waals surface area contributed by atoms with Crippen LogP contribution < -0.4 is 5.32 Å². The van der Waals surface area contributed by atoms with Crippen LogP contribution in [0.5, 0.6) is 0 Å². The predicted octanol–water partition coefficient (Wildman–Crippen LogP) is 1.61. The van der Waals surface area contributed by atoms with Gasteiger partial charge in [0.1, 0.15) is 5.82 Å². The molecule has 2 saturated heterocycles. The van der Waals surface area contributed by atoms with Crippen molar-refractivity contribution < 1.29 is 9.13 Å². The van der Waals surface area contributed by atoms with Crippen molar-refractivity contribution in [2.75, 3.05) is 26.2 Å². The molecule has 0 spiro atoms. The Morgan fingerprint density at radius 2 is 2.04 bits per heavy atom. The van der Waals surface area contributed by atoms with Crippen molar-refractivity contribution >= 4 is 12.4 Å². The first kappa shape index (κ1) is 16.4. The molecule has 2 fully saturated rings. The van der Waals surface area contributed by atoms with Gasteiger partial charge in [-0.15, -0.1) is 12.4 Å². The summed E-state index contributed by atoms with van der Waals surface area (Å²) in [4.78, 5) is 2.45. The molecule has 1 N–H and O–H groups in total. The minimum Gasteiger partial charge on any atom is -0.374 e. The third-order valence-corrected chi connectivity index (χ3v) is 4.46. The molecule has 0 bridgehead atoms. The van der Waals surface area contributed by atoms with Gasteiger partial charge in [0.15, 0.2) is 0 Å². The quantitative estimate of drug-likeness (QED) is 0.923. The number of hydrogen-bond donors (Lipinski definition) is 1. The van der Waals surface area contributed by atoms with E-state index in [0.29, 0.717) is 6.04 Å². The molecule has 4 rings (SSSR count). The second kappa shape index (κ2) is 6.97. The van der Waals surface area contributed by atoms with E-state index in [-0.39, 0.29) is 24.3 Å². The van der Waals surface area contributed by atoms with Crippen LogP contribution in [-0.2, 0) is 11.3 Å². The highest BCUT2D eigenvalue weighted by atomic mass is 35.5. The maximum absolute atomic E-state index is 13.1. The number of nitrogens with one attached hydrogen (secondary N) is 1. The Labute approximate surface area is 140 Å². The number of hydrogen-bond acceptors (Lipinski definition) is 4. The third kappa shape index (κ3) is 3.26. The number of rotatable bonds is 3. The van der Waals surface area contributed by atoms with Crippen LogP contribution in [0.15, 0.2) is 36.5 Å². The van der Waals surface area contributed by atoms with E-state index in [9.17, 15) is 4.39 Å². The van der Waals surface area contributed by atoms with Crippen molar-refractivity contribution in [2.45, 2.75) is 18.7 Å². The van der Waals surface area contributed by atoms with E-state index in [1.165, 1.54) is 12.1 Å². The number of aromatic nitrogens is 2. The topological polar surface area (TPSA) is 42.3 Å². The highest BCUT2D eigenvalue weighted by Crippen LogP contribution is 2.21. The van der Waals surface area contributed by atoms with Crippen LogP contribution in [-0.4, -0.2) is 53.1 Å². The molecule has 5 nitrogen and oxygen atoms in total. The minimum atomic E-state index is -0.231. The molecule has 124 valence electrons. The molecule has 0 aliphatic carbocycles. The summed E-state index contributed by atoms with van der Waals surface area (Å²) in [5.41, 5.74) is 2.00. The molecule has 0 amide bonds. The Bertz CT molecular complexity index is 648. The largest absolute Gasteiger partial charge is 0.374 e. The van der Waals surface area contributed by atoms with Crippen LogP contribution in [0, 0.1) is 5.82 Å². The van der Waals surface area contributed by atoms with E-state index in [4.69, 9.17) is 4.74 Å². The van der Waals surface area contributed by atoms with Crippen molar-refractivity contribution in [3.63, 3.8) is 0 Å². The molecule has 0 saturated carbocycles. The summed E-state index contributed by atoms with van der Waals surface area (Å²) in [5, 5.41) is 7.78. The molecule has 2 aliphatic rings. The predicted molar refractivity (Wildman–Crippen MR) is 87.6 cm³/mol. The van der Waals surface area contributed by atoms with Gasteiger partial charge in [-0.2, -0.15) is 5.10 Å². The SMILES string of the molecule is Cl.Fc1ccc(-n2nccc2CN2CCO[C@H]3CNC[C@H]32)cc1. The summed E-state index contributed by atoms with van der Waals surface area (Å²) < 4.78 is 20.8. The summed E-state index contributed by atoms with van der Waals surface area (Å²) >= 11 is 0. The summed E-state index contributed by atoms with van der Waals surface area (Å²) in [7, 11) is 0. The van der Waals surface area contributed by atoms with Gasteiger partial charge < -0.3 is 10.1 Å². The number of benzene rings is 1. The smallest absolute Gasteiger partial charge is 0.123 e.